The summed E-state index contributed by atoms with van der Waals surface area (Å²) in [5.74, 6) is 0.602. The Bertz CT molecular complexity index is 861. The molecule has 2 aromatic carbocycles. The van der Waals surface area contributed by atoms with Crippen LogP contribution in [0.4, 0.5) is 5.69 Å². The number of hydrogen-bond donors (Lipinski definition) is 1. The molecule has 6 heteroatoms. The van der Waals surface area contributed by atoms with Gasteiger partial charge in [-0.05, 0) is 30.3 Å². The van der Waals surface area contributed by atoms with E-state index >= 15 is 0 Å². The molecule has 0 aliphatic carbocycles. The normalized spacial score (nSPS) is 11.2. The molecule has 0 amide bonds. The molecular formula is C16H13N5O. The van der Waals surface area contributed by atoms with Gasteiger partial charge in [0.2, 0.25) is 0 Å². The van der Waals surface area contributed by atoms with E-state index in [0.29, 0.717) is 11.4 Å². The standard InChI is InChI=1S/C16H13N5O/c1-21-11-19-14-8-7-12(9-15(14)21)20-16(18-10-17)22-13-5-3-2-4-6-13/h2-9,11H,1H3,(H,18,20). The van der Waals surface area contributed by atoms with Gasteiger partial charge in [-0.3, -0.25) is 0 Å². The summed E-state index contributed by atoms with van der Waals surface area (Å²) in [5, 5.41) is 11.3. The van der Waals surface area contributed by atoms with E-state index in [4.69, 9.17) is 10.00 Å². The molecule has 0 unspecified atom stereocenters. The largest absolute Gasteiger partial charge is 0.425 e. The summed E-state index contributed by atoms with van der Waals surface area (Å²) < 4.78 is 7.48. The van der Waals surface area contributed by atoms with E-state index < -0.39 is 0 Å². The fourth-order valence-corrected chi connectivity index (χ4v) is 2.03. The van der Waals surface area contributed by atoms with E-state index in [-0.39, 0.29) is 6.02 Å². The molecule has 0 bridgehead atoms. The van der Waals surface area contributed by atoms with Crippen LogP contribution in [0.25, 0.3) is 11.0 Å². The van der Waals surface area contributed by atoms with Crippen molar-refractivity contribution in [3.63, 3.8) is 0 Å². The van der Waals surface area contributed by atoms with E-state index in [1.807, 2.05) is 54.2 Å². The molecule has 108 valence electrons. The van der Waals surface area contributed by atoms with E-state index in [1.54, 1.807) is 18.5 Å². The van der Waals surface area contributed by atoms with Crippen LogP contribution in [0.2, 0.25) is 0 Å². The number of benzene rings is 2. The molecular weight excluding hydrogens is 278 g/mol. The number of aryl methyl sites for hydroxylation is 1. The molecule has 3 aromatic rings. The topological polar surface area (TPSA) is 75.2 Å². The Morgan fingerprint density at radius 2 is 2.09 bits per heavy atom. The second kappa shape index (κ2) is 5.97. The van der Waals surface area contributed by atoms with E-state index in [0.717, 1.165) is 11.0 Å². The van der Waals surface area contributed by atoms with Crippen LogP contribution in [0.5, 0.6) is 5.75 Å². The van der Waals surface area contributed by atoms with Crippen LogP contribution in [0.15, 0.2) is 59.9 Å². The lowest BCUT2D eigenvalue weighted by atomic mass is 10.3. The average Bonchev–Trinajstić information content (AvgIpc) is 2.90. The third-order valence-corrected chi connectivity index (χ3v) is 3.06. The number of para-hydroxylation sites is 1. The van der Waals surface area contributed by atoms with Crippen molar-refractivity contribution in [3.05, 3.63) is 54.9 Å². The van der Waals surface area contributed by atoms with Gasteiger partial charge in [0.1, 0.15) is 5.75 Å². The average molecular weight is 291 g/mol. The Morgan fingerprint density at radius 1 is 1.27 bits per heavy atom. The maximum atomic E-state index is 8.84. The smallest absolute Gasteiger partial charge is 0.309 e. The lowest BCUT2D eigenvalue weighted by Crippen LogP contribution is -2.23. The highest BCUT2D eigenvalue weighted by Gasteiger charge is 2.05. The molecule has 3 rings (SSSR count). The summed E-state index contributed by atoms with van der Waals surface area (Å²) in [6, 6.07) is 14.9. The predicted molar refractivity (Wildman–Crippen MR) is 83.6 cm³/mol. The fourth-order valence-electron chi connectivity index (χ4n) is 2.03. The molecule has 0 aliphatic rings. The number of fused-ring (bicyclic) bond motifs is 1. The second-order valence-corrected chi connectivity index (χ2v) is 4.60. The molecule has 0 aliphatic heterocycles. The molecule has 0 fully saturated rings. The molecule has 1 aromatic heterocycles. The molecule has 0 spiro atoms. The van der Waals surface area contributed by atoms with Crippen molar-refractivity contribution >= 4 is 22.7 Å². The van der Waals surface area contributed by atoms with Crippen molar-refractivity contribution in [2.75, 3.05) is 0 Å². The van der Waals surface area contributed by atoms with Crippen LogP contribution >= 0.6 is 0 Å². The summed E-state index contributed by atoms with van der Waals surface area (Å²) in [7, 11) is 1.91. The minimum absolute atomic E-state index is 0.121. The van der Waals surface area contributed by atoms with Crippen molar-refractivity contribution in [1.82, 2.24) is 14.9 Å². The first-order chi connectivity index (χ1) is 10.8. The summed E-state index contributed by atoms with van der Waals surface area (Å²) in [4.78, 5) is 8.59. The zero-order valence-electron chi connectivity index (χ0n) is 11.9. The fraction of sp³-hybridized carbons (Fsp3) is 0.0625. The monoisotopic (exact) mass is 291 g/mol. The summed E-state index contributed by atoms with van der Waals surface area (Å²) >= 11 is 0. The number of imidazole rings is 1. The first-order valence-electron chi connectivity index (χ1n) is 6.64. The van der Waals surface area contributed by atoms with Gasteiger partial charge in [-0.15, -0.1) is 0 Å². The maximum absolute atomic E-state index is 8.84. The Balaban J connectivity index is 1.93. The quantitative estimate of drug-likeness (QED) is 0.341. The van der Waals surface area contributed by atoms with Gasteiger partial charge >= 0.3 is 6.02 Å². The molecule has 22 heavy (non-hydrogen) atoms. The van der Waals surface area contributed by atoms with Crippen molar-refractivity contribution in [2.45, 2.75) is 0 Å². The number of aliphatic imine (C=N–C) groups is 1. The first kappa shape index (κ1) is 13.6. The minimum atomic E-state index is 0.121. The molecule has 0 saturated heterocycles. The first-order valence-corrected chi connectivity index (χ1v) is 6.64. The van der Waals surface area contributed by atoms with Crippen LogP contribution in [0.3, 0.4) is 0 Å². The van der Waals surface area contributed by atoms with Crippen molar-refractivity contribution in [2.24, 2.45) is 12.0 Å². The molecule has 0 atom stereocenters. The number of amidine groups is 1. The molecule has 1 N–H and O–H groups in total. The lowest BCUT2D eigenvalue weighted by Gasteiger charge is -2.06. The number of nitriles is 1. The van der Waals surface area contributed by atoms with E-state index in [9.17, 15) is 0 Å². The Labute approximate surface area is 127 Å². The molecule has 0 saturated carbocycles. The molecule has 0 radical (unpaired) electrons. The van der Waals surface area contributed by atoms with Crippen LogP contribution in [0, 0.1) is 11.5 Å². The Morgan fingerprint density at radius 3 is 2.86 bits per heavy atom. The number of nitrogens with one attached hydrogen (secondary N) is 1. The van der Waals surface area contributed by atoms with Crippen molar-refractivity contribution in [1.29, 1.82) is 5.26 Å². The van der Waals surface area contributed by atoms with Gasteiger partial charge in [0.05, 0.1) is 23.0 Å². The highest BCUT2D eigenvalue weighted by molar-refractivity contribution is 5.84. The van der Waals surface area contributed by atoms with Crippen molar-refractivity contribution in [3.8, 4) is 11.9 Å². The Kier molecular flexibility index (Phi) is 3.70. The van der Waals surface area contributed by atoms with E-state index in [1.165, 1.54) is 0 Å². The number of ether oxygens (including phenoxy) is 1. The summed E-state index contributed by atoms with van der Waals surface area (Å²) in [6.07, 6.45) is 3.57. The number of hydrogen-bond acceptors (Lipinski definition) is 4. The lowest BCUT2D eigenvalue weighted by molar-refractivity contribution is 0.531. The number of aromatic nitrogens is 2. The SMILES string of the molecule is Cn1cnc2ccc(N=C(NC#N)Oc3ccccc3)cc21. The minimum Gasteiger partial charge on any atom is -0.425 e. The van der Waals surface area contributed by atoms with Crippen LogP contribution in [-0.2, 0) is 7.05 Å². The van der Waals surface area contributed by atoms with Crippen LogP contribution in [-0.4, -0.2) is 15.6 Å². The molecule has 1 heterocycles. The molecule has 6 nitrogen and oxygen atoms in total. The number of rotatable bonds is 2. The predicted octanol–water partition coefficient (Wildman–Crippen LogP) is 2.71. The van der Waals surface area contributed by atoms with Gasteiger partial charge in [0.25, 0.3) is 0 Å². The Hall–Kier alpha value is -3.33. The van der Waals surface area contributed by atoms with Gasteiger partial charge in [0.15, 0.2) is 6.19 Å². The highest BCUT2D eigenvalue weighted by Crippen LogP contribution is 2.20. The van der Waals surface area contributed by atoms with Gasteiger partial charge in [0, 0.05) is 7.05 Å². The zero-order chi connectivity index (χ0) is 15.4. The van der Waals surface area contributed by atoms with Gasteiger partial charge in [-0.1, -0.05) is 18.2 Å². The van der Waals surface area contributed by atoms with Crippen molar-refractivity contribution < 1.29 is 4.74 Å². The second-order valence-electron chi connectivity index (χ2n) is 4.60. The third kappa shape index (κ3) is 2.88. The van der Waals surface area contributed by atoms with E-state index in [2.05, 4.69) is 15.3 Å². The van der Waals surface area contributed by atoms with Crippen LogP contribution < -0.4 is 10.1 Å². The summed E-state index contributed by atoms with van der Waals surface area (Å²) in [5.41, 5.74) is 2.52. The van der Waals surface area contributed by atoms with Gasteiger partial charge in [-0.2, -0.15) is 10.3 Å². The maximum Gasteiger partial charge on any atom is 0.309 e. The van der Waals surface area contributed by atoms with Gasteiger partial charge in [-0.25, -0.2) is 10.3 Å². The number of nitrogens with zero attached hydrogens (tertiary/aromatic N) is 4. The summed E-state index contributed by atoms with van der Waals surface area (Å²) in [6.45, 7) is 0. The van der Waals surface area contributed by atoms with Gasteiger partial charge < -0.3 is 9.30 Å². The zero-order valence-corrected chi connectivity index (χ0v) is 11.9. The van der Waals surface area contributed by atoms with Crippen LogP contribution in [0.1, 0.15) is 0 Å². The highest BCUT2D eigenvalue weighted by atomic mass is 16.5. The third-order valence-electron chi connectivity index (χ3n) is 3.06.